The van der Waals surface area contributed by atoms with E-state index in [0.717, 1.165) is 6.07 Å². The van der Waals surface area contributed by atoms with Gasteiger partial charge in [0.05, 0.1) is 23.3 Å². The third-order valence-corrected chi connectivity index (χ3v) is 5.10. The van der Waals surface area contributed by atoms with E-state index in [1.54, 1.807) is 13.8 Å². The van der Waals surface area contributed by atoms with E-state index in [0.29, 0.717) is 4.31 Å². The fourth-order valence-corrected chi connectivity index (χ4v) is 3.72. The highest BCUT2D eigenvalue weighted by Crippen LogP contribution is 2.32. The van der Waals surface area contributed by atoms with E-state index >= 15 is 0 Å². The van der Waals surface area contributed by atoms with E-state index in [9.17, 15) is 18.0 Å². The van der Waals surface area contributed by atoms with Crippen molar-refractivity contribution in [3.05, 3.63) is 29.3 Å². The number of carbonyl (C=O) groups excluding carboxylic acids is 1. The van der Waals surface area contributed by atoms with Crippen LogP contribution in [0.5, 0.6) is 0 Å². The van der Waals surface area contributed by atoms with Crippen LogP contribution in [0.25, 0.3) is 0 Å². The first-order chi connectivity index (χ1) is 9.60. The van der Waals surface area contributed by atoms with Crippen LogP contribution in [-0.4, -0.2) is 49.0 Å². The van der Waals surface area contributed by atoms with Crippen molar-refractivity contribution >= 4 is 21.9 Å². The number of rotatable bonds is 4. The molecule has 2 rings (SSSR count). The summed E-state index contributed by atoms with van der Waals surface area (Å²) in [5, 5.41) is 8.93. The lowest BCUT2D eigenvalue weighted by atomic mass is 10.1. The lowest BCUT2D eigenvalue weighted by Gasteiger charge is -2.27. The molecule has 0 aliphatic carbocycles. The Morgan fingerprint density at radius 3 is 2.52 bits per heavy atom. The molecule has 0 saturated heterocycles. The molecule has 0 bridgehead atoms. The van der Waals surface area contributed by atoms with Gasteiger partial charge in [0, 0.05) is 7.11 Å². The Morgan fingerprint density at radius 1 is 1.38 bits per heavy atom. The number of aromatic carboxylic acids is 1. The number of hydrogen-bond donors (Lipinski definition) is 1. The molecule has 1 heterocycles. The fourth-order valence-electron chi connectivity index (χ4n) is 1.97. The van der Waals surface area contributed by atoms with Gasteiger partial charge in [0.15, 0.2) is 0 Å². The molecule has 7 nitrogen and oxygen atoms in total. The maximum atomic E-state index is 12.4. The van der Waals surface area contributed by atoms with E-state index in [-0.39, 0.29) is 22.6 Å². The maximum absolute atomic E-state index is 12.4. The molecule has 0 saturated carbocycles. The second kappa shape index (κ2) is 4.81. The van der Waals surface area contributed by atoms with Crippen LogP contribution in [-0.2, 0) is 14.8 Å². The predicted octanol–water partition coefficient (Wildman–Crippen LogP) is 0.954. The maximum Gasteiger partial charge on any atom is 0.335 e. The van der Waals surface area contributed by atoms with Gasteiger partial charge in [-0.25, -0.2) is 17.5 Å². The summed E-state index contributed by atoms with van der Waals surface area (Å²) in [6, 6.07) is 3.43. The van der Waals surface area contributed by atoms with Crippen molar-refractivity contribution in [3.63, 3.8) is 0 Å². The third kappa shape index (κ3) is 2.52. The van der Waals surface area contributed by atoms with Crippen LogP contribution in [0.2, 0.25) is 0 Å². The number of ether oxygens (including phenoxy) is 1. The molecule has 1 amide bonds. The number of benzene rings is 1. The van der Waals surface area contributed by atoms with Gasteiger partial charge in [-0.05, 0) is 32.0 Å². The molecule has 1 aromatic carbocycles. The first-order valence-corrected chi connectivity index (χ1v) is 7.54. The minimum Gasteiger partial charge on any atom is -0.478 e. The number of carbonyl (C=O) groups is 2. The molecular formula is C13H15NO6S. The van der Waals surface area contributed by atoms with E-state index < -0.39 is 27.5 Å². The van der Waals surface area contributed by atoms with Crippen LogP contribution in [0.15, 0.2) is 23.1 Å². The normalized spacial score (nSPS) is 16.9. The van der Waals surface area contributed by atoms with Gasteiger partial charge in [-0.1, -0.05) is 0 Å². The van der Waals surface area contributed by atoms with Crippen LogP contribution >= 0.6 is 0 Å². The number of nitrogens with zero attached hydrogens (tertiary/aromatic N) is 1. The first kappa shape index (κ1) is 15.5. The zero-order chi connectivity index (χ0) is 16.0. The largest absolute Gasteiger partial charge is 0.478 e. The number of carboxylic acid groups (broad SMARTS) is 1. The van der Waals surface area contributed by atoms with Gasteiger partial charge < -0.3 is 9.84 Å². The minimum atomic E-state index is -4.05. The molecule has 0 spiro atoms. The fraction of sp³-hybridized carbons (Fsp3) is 0.385. The van der Waals surface area contributed by atoms with Crippen LogP contribution < -0.4 is 0 Å². The summed E-state index contributed by atoms with van der Waals surface area (Å²) in [6.07, 6.45) is 0. The topological polar surface area (TPSA) is 101 Å². The number of sulfonamides is 1. The van der Waals surface area contributed by atoms with Crippen molar-refractivity contribution in [2.75, 3.05) is 13.7 Å². The molecule has 1 N–H and O–H groups in total. The number of amides is 1. The van der Waals surface area contributed by atoms with Gasteiger partial charge in [-0.2, -0.15) is 0 Å². The SMILES string of the molecule is COC(C)(C)CN1C(=O)c2ccc(C(=O)O)cc2S1(=O)=O. The Morgan fingerprint density at radius 2 is 2.00 bits per heavy atom. The number of hydrogen-bond acceptors (Lipinski definition) is 5. The molecular weight excluding hydrogens is 298 g/mol. The summed E-state index contributed by atoms with van der Waals surface area (Å²) in [6.45, 7) is 3.16. The summed E-state index contributed by atoms with van der Waals surface area (Å²) in [5.41, 5.74) is -1.05. The van der Waals surface area contributed by atoms with Gasteiger partial charge in [0.1, 0.15) is 4.90 Å². The summed E-state index contributed by atoms with van der Waals surface area (Å²) < 4.78 is 30.7. The third-order valence-electron chi connectivity index (χ3n) is 3.33. The quantitative estimate of drug-likeness (QED) is 0.888. The lowest BCUT2D eigenvalue weighted by molar-refractivity contribution is 0.00931. The van der Waals surface area contributed by atoms with Crippen molar-refractivity contribution < 1.29 is 27.9 Å². The van der Waals surface area contributed by atoms with Gasteiger partial charge in [0.2, 0.25) is 0 Å². The highest BCUT2D eigenvalue weighted by molar-refractivity contribution is 7.90. The highest BCUT2D eigenvalue weighted by Gasteiger charge is 2.43. The average Bonchev–Trinajstić information content (AvgIpc) is 2.59. The van der Waals surface area contributed by atoms with Crippen molar-refractivity contribution in [3.8, 4) is 0 Å². The Labute approximate surface area is 122 Å². The van der Waals surface area contributed by atoms with Gasteiger partial charge in [0.25, 0.3) is 15.9 Å². The molecule has 8 heteroatoms. The van der Waals surface area contributed by atoms with Crippen LogP contribution in [0.3, 0.4) is 0 Å². The number of carboxylic acids is 1. The molecule has 1 aliphatic rings. The summed E-state index contributed by atoms with van der Waals surface area (Å²) in [5.74, 6) is -1.93. The summed E-state index contributed by atoms with van der Waals surface area (Å²) >= 11 is 0. The highest BCUT2D eigenvalue weighted by atomic mass is 32.2. The first-order valence-electron chi connectivity index (χ1n) is 6.10. The van der Waals surface area contributed by atoms with Crippen LogP contribution in [0.4, 0.5) is 0 Å². The molecule has 0 aromatic heterocycles. The van der Waals surface area contributed by atoms with Crippen molar-refractivity contribution in [2.45, 2.75) is 24.3 Å². The van der Waals surface area contributed by atoms with Crippen LogP contribution in [0.1, 0.15) is 34.6 Å². The monoisotopic (exact) mass is 313 g/mol. The zero-order valence-corrected chi connectivity index (χ0v) is 12.6. The molecule has 0 fully saturated rings. The smallest absolute Gasteiger partial charge is 0.335 e. The van der Waals surface area contributed by atoms with E-state index in [1.165, 1.54) is 19.2 Å². The van der Waals surface area contributed by atoms with E-state index in [4.69, 9.17) is 9.84 Å². The second-order valence-corrected chi connectivity index (χ2v) is 7.13. The standard InChI is InChI=1S/C13H15NO6S/c1-13(2,20-3)7-14-11(15)9-5-4-8(12(16)17)6-10(9)21(14,18)19/h4-6H,7H2,1-3H3,(H,16,17). The van der Waals surface area contributed by atoms with Gasteiger partial charge in [-0.3, -0.25) is 4.79 Å². The van der Waals surface area contributed by atoms with Crippen molar-refractivity contribution in [2.24, 2.45) is 0 Å². The van der Waals surface area contributed by atoms with E-state index in [2.05, 4.69) is 0 Å². The van der Waals surface area contributed by atoms with Crippen molar-refractivity contribution in [1.29, 1.82) is 0 Å². The van der Waals surface area contributed by atoms with Gasteiger partial charge >= 0.3 is 5.97 Å². The molecule has 1 aromatic rings. The number of fused-ring (bicyclic) bond motifs is 1. The average molecular weight is 313 g/mol. The summed E-state index contributed by atoms with van der Waals surface area (Å²) in [4.78, 5) is 22.9. The Balaban J connectivity index is 2.52. The second-order valence-electron chi connectivity index (χ2n) is 5.30. The van der Waals surface area contributed by atoms with E-state index in [1.807, 2.05) is 0 Å². The van der Waals surface area contributed by atoms with Crippen LogP contribution in [0, 0.1) is 0 Å². The minimum absolute atomic E-state index is 0.0214. The molecule has 0 atom stereocenters. The Bertz CT molecular complexity index is 722. The predicted molar refractivity (Wildman–Crippen MR) is 72.7 cm³/mol. The molecule has 0 unspecified atom stereocenters. The Kier molecular flexibility index (Phi) is 3.54. The van der Waals surface area contributed by atoms with Gasteiger partial charge in [-0.15, -0.1) is 0 Å². The Hall–Kier alpha value is -1.93. The summed E-state index contributed by atoms with van der Waals surface area (Å²) in [7, 11) is -2.63. The zero-order valence-electron chi connectivity index (χ0n) is 11.8. The molecule has 114 valence electrons. The molecule has 21 heavy (non-hydrogen) atoms. The molecule has 0 radical (unpaired) electrons. The lowest BCUT2D eigenvalue weighted by Crippen LogP contribution is -2.43. The molecule has 1 aliphatic heterocycles. The van der Waals surface area contributed by atoms with Crippen molar-refractivity contribution in [1.82, 2.24) is 4.31 Å². The number of methoxy groups -OCH3 is 1.